The number of hydrogen-bond acceptors (Lipinski definition) is 7. The van der Waals surface area contributed by atoms with Gasteiger partial charge in [-0.3, -0.25) is 9.59 Å². The normalized spacial score (nSPS) is 14.6. The first kappa shape index (κ1) is 29.6. The third-order valence-electron chi connectivity index (χ3n) is 7.05. The summed E-state index contributed by atoms with van der Waals surface area (Å²) in [5.74, 6) is 0.0973. The number of carbonyl (C=O) groups excluding carboxylic acids is 1. The number of imidazole rings is 1. The minimum atomic E-state index is -0.767. The smallest absolute Gasteiger partial charge is 0.261 e. The summed E-state index contributed by atoms with van der Waals surface area (Å²) in [5.41, 5.74) is 5.03. The number of aryl methyl sites for hydroxylation is 1. The molecule has 1 atom stereocenters. The van der Waals surface area contributed by atoms with Gasteiger partial charge >= 0.3 is 0 Å². The third kappa shape index (κ3) is 6.49. The van der Waals surface area contributed by atoms with E-state index in [0.717, 1.165) is 58.3 Å². The molecule has 0 bridgehead atoms. The number of aromatic amines is 2. The maximum Gasteiger partial charge on any atom is 0.261 e. The second kappa shape index (κ2) is 12.9. The van der Waals surface area contributed by atoms with Gasteiger partial charge in [0.2, 0.25) is 5.91 Å². The Hall–Kier alpha value is -3.38. The molecule has 6 N–H and O–H groups in total. The van der Waals surface area contributed by atoms with Gasteiger partial charge in [0.05, 0.1) is 22.8 Å². The van der Waals surface area contributed by atoms with Gasteiger partial charge in [0.15, 0.2) is 0 Å². The molecule has 12 heteroatoms. The van der Waals surface area contributed by atoms with Crippen LogP contribution in [0.2, 0.25) is 0 Å². The van der Waals surface area contributed by atoms with Gasteiger partial charge in [-0.1, -0.05) is 28.1 Å². The zero-order chi connectivity index (χ0) is 27.5. The molecule has 1 aliphatic heterocycles. The predicted molar refractivity (Wildman–Crippen MR) is 162 cm³/mol. The van der Waals surface area contributed by atoms with Crippen molar-refractivity contribution in [2.45, 2.75) is 31.9 Å². The molecule has 40 heavy (non-hydrogen) atoms. The zero-order valence-corrected chi connectivity index (χ0v) is 24.3. The molecule has 0 unspecified atom stereocenters. The van der Waals surface area contributed by atoms with E-state index >= 15 is 0 Å². The highest BCUT2D eigenvalue weighted by atomic mass is 79.9. The van der Waals surface area contributed by atoms with E-state index in [9.17, 15) is 14.7 Å². The molecular formula is C28H32BrClN6O4. The number of H-pyrrole nitrogens is 2. The molecule has 1 saturated heterocycles. The summed E-state index contributed by atoms with van der Waals surface area (Å²) in [6.45, 7) is 3.26. The highest BCUT2D eigenvalue weighted by Gasteiger charge is 2.22. The Bertz CT molecular complexity index is 1550. The molecule has 2 aromatic carbocycles. The van der Waals surface area contributed by atoms with Gasteiger partial charge in [0.1, 0.15) is 18.0 Å². The number of fused-ring (bicyclic) bond motifs is 1. The van der Waals surface area contributed by atoms with Crippen molar-refractivity contribution < 1.29 is 15.0 Å². The van der Waals surface area contributed by atoms with Crippen LogP contribution in [-0.2, 0) is 4.79 Å². The second-order valence-electron chi connectivity index (χ2n) is 9.78. The molecule has 0 radical (unpaired) electrons. The van der Waals surface area contributed by atoms with E-state index in [2.05, 4.69) is 47.5 Å². The summed E-state index contributed by atoms with van der Waals surface area (Å²) in [5, 5.41) is 25.7. The number of nitrogens with zero attached hydrogens (tertiary/aromatic N) is 2. The molecule has 1 amide bonds. The van der Waals surface area contributed by atoms with Gasteiger partial charge < -0.3 is 35.7 Å². The van der Waals surface area contributed by atoms with Crippen molar-refractivity contribution in [3.63, 3.8) is 0 Å². The lowest BCUT2D eigenvalue weighted by atomic mass is 10.0. The van der Waals surface area contributed by atoms with Crippen LogP contribution in [0.4, 0.5) is 11.4 Å². The Kier molecular flexibility index (Phi) is 9.52. The summed E-state index contributed by atoms with van der Waals surface area (Å²) in [7, 11) is 0. The van der Waals surface area contributed by atoms with Crippen LogP contribution in [-0.4, -0.2) is 63.4 Å². The molecule has 4 aromatic rings. The second-order valence-corrected chi connectivity index (χ2v) is 10.7. The number of aliphatic hydroxyl groups excluding tert-OH is 2. The Morgan fingerprint density at radius 1 is 1.23 bits per heavy atom. The highest BCUT2D eigenvalue weighted by molar-refractivity contribution is 9.10. The number of nitrogens with one attached hydrogen (secondary N) is 4. The molecule has 212 valence electrons. The van der Waals surface area contributed by atoms with Crippen molar-refractivity contribution >= 4 is 56.7 Å². The first-order valence-corrected chi connectivity index (χ1v) is 13.7. The fourth-order valence-electron chi connectivity index (χ4n) is 5.03. The summed E-state index contributed by atoms with van der Waals surface area (Å²) < 4.78 is 0.880. The summed E-state index contributed by atoms with van der Waals surface area (Å²) in [6.07, 6.45) is 2.38. The summed E-state index contributed by atoms with van der Waals surface area (Å²) in [4.78, 5) is 37.5. The summed E-state index contributed by atoms with van der Waals surface area (Å²) in [6, 6.07) is 13.4. The number of aromatic nitrogens is 3. The molecule has 0 spiro atoms. The number of carbonyl (C=O) groups is 1. The fourth-order valence-corrected chi connectivity index (χ4v) is 5.44. The van der Waals surface area contributed by atoms with Crippen molar-refractivity contribution in [2.75, 3.05) is 36.5 Å². The Morgan fingerprint density at radius 2 is 2.00 bits per heavy atom. The van der Waals surface area contributed by atoms with Crippen molar-refractivity contribution in [1.82, 2.24) is 20.3 Å². The van der Waals surface area contributed by atoms with Gasteiger partial charge in [-0.2, -0.15) is 0 Å². The van der Waals surface area contributed by atoms with Gasteiger partial charge in [0, 0.05) is 42.0 Å². The number of pyridine rings is 1. The minimum absolute atomic E-state index is 0. The maximum atomic E-state index is 12.9. The van der Waals surface area contributed by atoms with Crippen LogP contribution in [0.3, 0.4) is 0 Å². The van der Waals surface area contributed by atoms with Crippen LogP contribution >= 0.6 is 28.3 Å². The van der Waals surface area contributed by atoms with Crippen LogP contribution in [0.15, 0.2) is 57.9 Å². The monoisotopic (exact) mass is 630 g/mol. The van der Waals surface area contributed by atoms with Crippen LogP contribution in [0.25, 0.3) is 22.4 Å². The number of anilines is 2. The highest BCUT2D eigenvalue weighted by Crippen LogP contribution is 2.30. The Labute approximate surface area is 245 Å². The maximum absolute atomic E-state index is 12.9. The molecular weight excluding hydrogens is 600 g/mol. The van der Waals surface area contributed by atoms with E-state index < -0.39 is 12.7 Å². The first-order chi connectivity index (χ1) is 18.8. The van der Waals surface area contributed by atoms with E-state index in [1.165, 1.54) is 0 Å². The number of hydrogen-bond donors (Lipinski definition) is 6. The Balaban J connectivity index is 0.00000370. The lowest BCUT2D eigenvalue weighted by molar-refractivity contribution is -0.124. The molecule has 3 heterocycles. The van der Waals surface area contributed by atoms with Crippen molar-refractivity contribution in [2.24, 2.45) is 0 Å². The number of halogens is 2. The van der Waals surface area contributed by atoms with E-state index in [4.69, 9.17) is 10.1 Å². The molecule has 0 aliphatic carbocycles. The van der Waals surface area contributed by atoms with Crippen LogP contribution in [0, 0.1) is 6.92 Å². The fraction of sp³-hybridized carbons (Fsp3) is 0.321. The number of piperidine rings is 1. The average Bonchev–Trinajstić information content (AvgIpc) is 3.36. The number of aliphatic hydroxyl groups is 2. The quantitative estimate of drug-likeness (QED) is 0.174. The van der Waals surface area contributed by atoms with E-state index in [-0.39, 0.29) is 36.5 Å². The third-order valence-corrected chi connectivity index (χ3v) is 7.54. The van der Waals surface area contributed by atoms with Gasteiger partial charge in [-0.25, -0.2) is 4.98 Å². The van der Waals surface area contributed by atoms with E-state index in [0.29, 0.717) is 17.1 Å². The number of amides is 1. The van der Waals surface area contributed by atoms with Crippen molar-refractivity contribution in [3.8, 4) is 11.4 Å². The lowest BCUT2D eigenvalue weighted by Crippen LogP contribution is -2.45. The minimum Gasteiger partial charge on any atom is -0.387 e. The standard InChI is InChI=1S/C28H31BrN6O4.ClH/c1-16-11-20(35-9-6-19(7-10-35)32-24(38)15-36)13-22-26(16)34-27(33-22)25-21(5-8-30-28(25)39)31-14-23(37)17-3-2-4-18(29)12-17;/h2-5,8,11-13,19,23,36-37H,6-7,9-10,14-15H2,1H3,(H,32,38)(H,33,34)(H2,30,31,39);1H/t23-;/m1./s1. The van der Waals surface area contributed by atoms with Crippen molar-refractivity contribution in [1.29, 1.82) is 0 Å². The van der Waals surface area contributed by atoms with Gasteiger partial charge in [-0.15, -0.1) is 12.4 Å². The summed E-state index contributed by atoms with van der Waals surface area (Å²) >= 11 is 3.43. The molecule has 5 rings (SSSR count). The molecule has 0 saturated carbocycles. The lowest BCUT2D eigenvalue weighted by Gasteiger charge is -2.34. The topological polar surface area (TPSA) is 146 Å². The van der Waals surface area contributed by atoms with Gasteiger partial charge in [0.25, 0.3) is 5.56 Å². The Morgan fingerprint density at radius 3 is 2.73 bits per heavy atom. The van der Waals surface area contributed by atoms with Crippen molar-refractivity contribution in [3.05, 3.63) is 74.6 Å². The molecule has 10 nitrogen and oxygen atoms in total. The van der Waals surface area contributed by atoms with Crippen LogP contribution in [0.5, 0.6) is 0 Å². The molecule has 1 fully saturated rings. The molecule has 2 aromatic heterocycles. The van der Waals surface area contributed by atoms with E-state index in [1.807, 2.05) is 37.3 Å². The largest absolute Gasteiger partial charge is 0.387 e. The van der Waals surface area contributed by atoms with Gasteiger partial charge in [-0.05, 0) is 61.2 Å². The number of rotatable bonds is 8. The van der Waals surface area contributed by atoms with E-state index in [1.54, 1.807) is 12.3 Å². The van der Waals surface area contributed by atoms with Crippen LogP contribution < -0.4 is 21.1 Å². The zero-order valence-electron chi connectivity index (χ0n) is 21.9. The first-order valence-electron chi connectivity index (χ1n) is 12.9. The predicted octanol–water partition coefficient (Wildman–Crippen LogP) is 3.63. The van der Waals surface area contributed by atoms with Crippen LogP contribution in [0.1, 0.15) is 30.1 Å². The average molecular weight is 632 g/mol. The molecule has 1 aliphatic rings. The SMILES string of the molecule is Cc1cc(N2CCC(NC(=O)CO)CC2)cc2[nH]c(-c3c(NC[C@@H](O)c4cccc(Br)c4)cc[nH]c3=O)nc12.Cl. The number of benzene rings is 2.